The van der Waals surface area contributed by atoms with Gasteiger partial charge in [-0.1, -0.05) is 36.4 Å². The first-order valence-corrected chi connectivity index (χ1v) is 11.3. The Labute approximate surface area is 188 Å². The number of ether oxygens (including phenoxy) is 1. The maximum absolute atomic E-state index is 12.3. The molecule has 3 aromatic rings. The van der Waals surface area contributed by atoms with Crippen molar-refractivity contribution in [2.45, 2.75) is 32.2 Å². The fourth-order valence-electron chi connectivity index (χ4n) is 3.28. The number of hydrogen-bond acceptors (Lipinski definition) is 4. The molecule has 0 saturated heterocycles. The monoisotopic (exact) mass is 432 g/mol. The molecule has 2 aromatic heterocycles. The molecule has 1 aromatic carbocycles. The smallest absolute Gasteiger partial charge is 0.244 e. The highest BCUT2D eigenvalue weighted by molar-refractivity contribution is 7.11. The molecule has 2 heterocycles. The lowest BCUT2D eigenvalue weighted by atomic mass is 10.0. The van der Waals surface area contributed by atoms with E-state index in [4.69, 9.17) is 4.74 Å². The lowest BCUT2D eigenvalue weighted by Crippen LogP contribution is -2.31. The molecule has 160 valence electrons. The summed E-state index contributed by atoms with van der Waals surface area (Å²) in [5, 5.41) is 5.10. The standard InChI is InChI=1S/C26H28N2O2S/c1-20(7-3-8-21-9-5-17-27-19-21)28-26(29)12-4-10-24(25-11-6-18-31-25)22-13-15-23(30-2)16-14-22/h4-6,9-20H,3,7-8H2,1-2H3,(H,28,29)/b12-4+,24-10-/t20-/m1/s1. The second-order valence-electron chi connectivity index (χ2n) is 7.31. The number of amides is 1. The number of nitrogens with zero attached hydrogens (tertiary/aromatic N) is 1. The van der Waals surface area contributed by atoms with E-state index in [0.29, 0.717) is 0 Å². The number of thiophene rings is 1. The van der Waals surface area contributed by atoms with E-state index in [0.717, 1.165) is 41.0 Å². The Bertz CT molecular complexity index is 994. The topological polar surface area (TPSA) is 51.2 Å². The minimum atomic E-state index is -0.0783. The second kappa shape index (κ2) is 11.9. The zero-order valence-corrected chi connectivity index (χ0v) is 18.8. The molecule has 0 aliphatic rings. The fourth-order valence-corrected chi connectivity index (χ4v) is 4.05. The van der Waals surface area contributed by atoms with Crippen LogP contribution in [0.2, 0.25) is 0 Å². The summed E-state index contributed by atoms with van der Waals surface area (Å²) in [6, 6.07) is 16.2. The first kappa shape index (κ1) is 22.5. The van der Waals surface area contributed by atoms with Gasteiger partial charge in [-0.2, -0.15) is 0 Å². The molecule has 3 rings (SSSR count). The Kier molecular flexibility index (Phi) is 8.61. The summed E-state index contributed by atoms with van der Waals surface area (Å²) < 4.78 is 5.26. The number of aromatic nitrogens is 1. The molecular formula is C26H28N2O2S. The van der Waals surface area contributed by atoms with Crippen molar-refractivity contribution in [1.29, 1.82) is 0 Å². The Morgan fingerprint density at radius 3 is 2.71 bits per heavy atom. The molecule has 31 heavy (non-hydrogen) atoms. The molecule has 0 aliphatic carbocycles. The number of nitrogens with one attached hydrogen (secondary N) is 1. The minimum Gasteiger partial charge on any atom is -0.497 e. The number of aryl methyl sites for hydroxylation is 1. The molecule has 1 N–H and O–H groups in total. The average Bonchev–Trinajstić information content (AvgIpc) is 3.32. The number of benzene rings is 1. The molecule has 0 spiro atoms. The summed E-state index contributed by atoms with van der Waals surface area (Å²) in [6.07, 6.45) is 12.0. The van der Waals surface area contributed by atoms with Crippen LogP contribution in [0.5, 0.6) is 5.75 Å². The highest BCUT2D eigenvalue weighted by atomic mass is 32.1. The van der Waals surface area contributed by atoms with Gasteiger partial charge in [0.05, 0.1) is 7.11 Å². The quantitative estimate of drug-likeness (QED) is 0.332. The van der Waals surface area contributed by atoms with E-state index in [-0.39, 0.29) is 11.9 Å². The van der Waals surface area contributed by atoms with E-state index >= 15 is 0 Å². The zero-order chi connectivity index (χ0) is 21.9. The molecule has 1 atom stereocenters. The van der Waals surface area contributed by atoms with Gasteiger partial charge in [0.2, 0.25) is 5.91 Å². The minimum absolute atomic E-state index is 0.0783. The number of methoxy groups -OCH3 is 1. The highest BCUT2D eigenvalue weighted by Gasteiger charge is 2.07. The van der Waals surface area contributed by atoms with Crippen LogP contribution in [0.15, 0.2) is 84.5 Å². The molecule has 0 aliphatic heterocycles. The number of hydrogen-bond donors (Lipinski definition) is 1. The third kappa shape index (κ3) is 7.23. The molecule has 0 radical (unpaired) electrons. The second-order valence-corrected chi connectivity index (χ2v) is 8.26. The van der Waals surface area contributed by atoms with Crippen LogP contribution >= 0.6 is 11.3 Å². The maximum atomic E-state index is 12.3. The van der Waals surface area contributed by atoms with Crippen molar-refractivity contribution in [2.24, 2.45) is 0 Å². The van der Waals surface area contributed by atoms with Gasteiger partial charge in [0.15, 0.2) is 0 Å². The normalized spacial score (nSPS) is 12.6. The van der Waals surface area contributed by atoms with Gasteiger partial charge in [0.1, 0.15) is 5.75 Å². The van der Waals surface area contributed by atoms with Crippen molar-refractivity contribution in [3.05, 3.63) is 101 Å². The van der Waals surface area contributed by atoms with E-state index in [1.54, 1.807) is 30.7 Å². The number of allylic oxidation sites excluding steroid dienone is 2. The number of pyridine rings is 1. The molecule has 1 amide bonds. The molecule has 0 saturated carbocycles. The number of carbonyl (C=O) groups excluding carboxylic acids is 1. The van der Waals surface area contributed by atoms with E-state index in [1.165, 1.54) is 5.56 Å². The third-order valence-electron chi connectivity index (χ3n) is 4.91. The van der Waals surface area contributed by atoms with Crippen LogP contribution in [-0.2, 0) is 11.2 Å². The predicted octanol–water partition coefficient (Wildman–Crippen LogP) is 5.67. The van der Waals surface area contributed by atoms with Gasteiger partial charge < -0.3 is 10.1 Å². The van der Waals surface area contributed by atoms with Crippen LogP contribution in [0.4, 0.5) is 0 Å². The van der Waals surface area contributed by atoms with Crippen molar-refractivity contribution in [2.75, 3.05) is 7.11 Å². The van der Waals surface area contributed by atoms with Gasteiger partial charge in [-0.25, -0.2) is 0 Å². The van der Waals surface area contributed by atoms with Crippen LogP contribution in [-0.4, -0.2) is 24.0 Å². The first-order valence-electron chi connectivity index (χ1n) is 10.4. The molecule has 0 bridgehead atoms. The van der Waals surface area contributed by atoms with Gasteiger partial charge in [-0.15, -0.1) is 11.3 Å². The average molecular weight is 433 g/mol. The van der Waals surface area contributed by atoms with Crippen LogP contribution in [0.1, 0.15) is 35.8 Å². The molecule has 5 heteroatoms. The third-order valence-corrected chi connectivity index (χ3v) is 5.82. The zero-order valence-electron chi connectivity index (χ0n) is 18.0. The van der Waals surface area contributed by atoms with Crippen LogP contribution < -0.4 is 10.1 Å². The molecule has 0 fully saturated rings. The number of carbonyl (C=O) groups is 1. The SMILES string of the molecule is COc1ccc(/C(=C/C=C/C(=O)N[C@H](C)CCCc2cccnc2)c2cccs2)cc1. The Balaban J connectivity index is 1.56. The van der Waals surface area contributed by atoms with E-state index in [9.17, 15) is 4.79 Å². The highest BCUT2D eigenvalue weighted by Crippen LogP contribution is 2.28. The van der Waals surface area contributed by atoms with E-state index in [1.807, 2.05) is 61.7 Å². The van der Waals surface area contributed by atoms with Gasteiger partial charge in [0, 0.05) is 29.4 Å². The van der Waals surface area contributed by atoms with Crippen molar-refractivity contribution in [1.82, 2.24) is 10.3 Å². The fraction of sp³-hybridized carbons (Fsp3) is 0.231. The Morgan fingerprint density at radius 1 is 1.19 bits per heavy atom. The van der Waals surface area contributed by atoms with E-state index in [2.05, 4.69) is 27.8 Å². The van der Waals surface area contributed by atoms with Gasteiger partial charge >= 0.3 is 0 Å². The van der Waals surface area contributed by atoms with Crippen molar-refractivity contribution in [3.63, 3.8) is 0 Å². The van der Waals surface area contributed by atoms with Crippen molar-refractivity contribution >= 4 is 22.8 Å². The lowest BCUT2D eigenvalue weighted by molar-refractivity contribution is -0.117. The van der Waals surface area contributed by atoms with Gasteiger partial charge in [-0.05, 0) is 72.5 Å². The van der Waals surface area contributed by atoms with Crippen molar-refractivity contribution in [3.8, 4) is 5.75 Å². The summed E-state index contributed by atoms with van der Waals surface area (Å²) in [4.78, 5) is 17.6. The van der Waals surface area contributed by atoms with Crippen LogP contribution in [0.3, 0.4) is 0 Å². The molecule has 4 nitrogen and oxygen atoms in total. The van der Waals surface area contributed by atoms with Gasteiger partial charge in [0.25, 0.3) is 0 Å². The van der Waals surface area contributed by atoms with Crippen LogP contribution in [0, 0.1) is 0 Å². The maximum Gasteiger partial charge on any atom is 0.244 e. The summed E-state index contributed by atoms with van der Waals surface area (Å²) in [6.45, 7) is 2.04. The predicted molar refractivity (Wildman–Crippen MR) is 128 cm³/mol. The summed E-state index contributed by atoms with van der Waals surface area (Å²) >= 11 is 1.67. The molecule has 0 unspecified atom stereocenters. The summed E-state index contributed by atoms with van der Waals surface area (Å²) in [5.41, 5.74) is 3.38. The van der Waals surface area contributed by atoms with Crippen LogP contribution in [0.25, 0.3) is 5.57 Å². The Hall–Kier alpha value is -3.18. The largest absolute Gasteiger partial charge is 0.497 e. The summed E-state index contributed by atoms with van der Waals surface area (Å²) in [7, 11) is 1.66. The van der Waals surface area contributed by atoms with Gasteiger partial charge in [-0.3, -0.25) is 9.78 Å². The van der Waals surface area contributed by atoms with E-state index < -0.39 is 0 Å². The Morgan fingerprint density at radius 2 is 2.03 bits per heavy atom. The number of rotatable bonds is 10. The van der Waals surface area contributed by atoms with Crippen molar-refractivity contribution < 1.29 is 9.53 Å². The summed E-state index contributed by atoms with van der Waals surface area (Å²) in [5.74, 6) is 0.743. The first-order chi connectivity index (χ1) is 15.2. The molecular weight excluding hydrogens is 404 g/mol. The lowest BCUT2D eigenvalue weighted by Gasteiger charge is -2.12.